The number of carbonyl (C=O) groups is 2. The van der Waals surface area contributed by atoms with Crippen LogP contribution in [-0.4, -0.2) is 11.6 Å². The lowest BCUT2D eigenvalue weighted by Crippen LogP contribution is -2.17. The summed E-state index contributed by atoms with van der Waals surface area (Å²) in [5.41, 5.74) is 4.98. The molecule has 0 unspecified atom stereocenters. The van der Waals surface area contributed by atoms with Gasteiger partial charge in [0.1, 0.15) is 0 Å². The number of carbonyl (C=O) groups excluding carboxylic acids is 2. The Balaban J connectivity index is 2.39. The molecule has 3 rings (SSSR count). The first kappa shape index (κ1) is 14.5. The number of rotatable bonds is 2. The number of ketones is 2. The summed E-state index contributed by atoms with van der Waals surface area (Å²) in [7, 11) is 0. The topological polar surface area (TPSA) is 34.1 Å². The van der Waals surface area contributed by atoms with E-state index in [-0.39, 0.29) is 11.6 Å². The van der Waals surface area contributed by atoms with Crippen LogP contribution in [0.15, 0.2) is 42.5 Å². The van der Waals surface area contributed by atoms with Crippen LogP contribution in [0, 0.1) is 20.8 Å². The Morgan fingerprint density at radius 2 is 1.82 bits per heavy atom. The Morgan fingerprint density at radius 1 is 1.09 bits per heavy atom. The van der Waals surface area contributed by atoms with Crippen LogP contribution in [0.1, 0.15) is 43.8 Å². The second kappa shape index (κ2) is 5.06. The molecule has 110 valence electrons. The van der Waals surface area contributed by atoms with Crippen LogP contribution in [0.3, 0.4) is 0 Å². The molecule has 0 atom stereocenters. The van der Waals surface area contributed by atoms with Gasteiger partial charge < -0.3 is 0 Å². The Kier molecular flexibility index (Phi) is 3.32. The summed E-state index contributed by atoms with van der Waals surface area (Å²) in [6, 6.07) is 5.84. The SMILES string of the molecule is C=CCC1=CC(=O)c2c(ccc3c(C)c(C)cc(C)c23)C1=O. The summed E-state index contributed by atoms with van der Waals surface area (Å²) in [5.74, 6) is -0.141. The maximum absolute atomic E-state index is 12.6. The number of allylic oxidation sites excluding steroid dienone is 3. The third-order valence-electron chi connectivity index (χ3n) is 4.48. The van der Waals surface area contributed by atoms with Crippen molar-refractivity contribution in [2.45, 2.75) is 27.2 Å². The van der Waals surface area contributed by atoms with Crippen molar-refractivity contribution >= 4 is 22.3 Å². The molecule has 0 spiro atoms. The average molecular weight is 290 g/mol. The van der Waals surface area contributed by atoms with Crippen LogP contribution in [0.5, 0.6) is 0 Å². The van der Waals surface area contributed by atoms with Crippen molar-refractivity contribution in [1.29, 1.82) is 0 Å². The monoisotopic (exact) mass is 290 g/mol. The lowest BCUT2D eigenvalue weighted by molar-refractivity contribution is 0.0984. The molecule has 2 aromatic carbocycles. The molecular formula is C20H18O2. The molecule has 0 N–H and O–H groups in total. The van der Waals surface area contributed by atoms with Gasteiger partial charge in [0.05, 0.1) is 0 Å². The van der Waals surface area contributed by atoms with Crippen LogP contribution < -0.4 is 0 Å². The number of aryl methyl sites for hydroxylation is 3. The van der Waals surface area contributed by atoms with Crippen LogP contribution in [0.25, 0.3) is 10.8 Å². The molecule has 0 bridgehead atoms. The fourth-order valence-corrected chi connectivity index (χ4v) is 3.26. The first-order valence-corrected chi connectivity index (χ1v) is 7.39. The van der Waals surface area contributed by atoms with Gasteiger partial charge in [-0.2, -0.15) is 0 Å². The van der Waals surface area contributed by atoms with Crippen LogP contribution >= 0.6 is 0 Å². The van der Waals surface area contributed by atoms with Gasteiger partial charge in [0.15, 0.2) is 11.6 Å². The van der Waals surface area contributed by atoms with E-state index in [1.165, 1.54) is 11.6 Å². The van der Waals surface area contributed by atoms with E-state index in [1.54, 1.807) is 12.1 Å². The summed E-state index contributed by atoms with van der Waals surface area (Å²) in [6.45, 7) is 9.77. The van der Waals surface area contributed by atoms with E-state index in [0.29, 0.717) is 23.1 Å². The lowest BCUT2D eigenvalue weighted by atomic mass is 9.82. The summed E-state index contributed by atoms with van der Waals surface area (Å²) >= 11 is 0. The van der Waals surface area contributed by atoms with Gasteiger partial charge >= 0.3 is 0 Å². The van der Waals surface area contributed by atoms with Gasteiger partial charge in [-0.05, 0) is 66.8 Å². The number of benzene rings is 2. The largest absolute Gasteiger partial charge is 0.289 e. The number of Topliss-reactive ketones (excluding diaryl/α,β-unsaturated/α-hetero) is 1. The molecule has 0 saturated carbocycles. The average Bonchev–Trinajstić information content (AvgIpc) is 2.49. The Labute approximate surface area is 130 Å². The fourth-order valence-electron chi connectivity index (χ4n) is 3.26. The molecule has 1 aliphatic rings. The van der Waals surface area contributed by atoms with Gasteiger partial charge in [0.2, 0.25) is 0 Å². The standard InChI is InChI=1S/C20H18O2/c1-5-6-14-10-17(21)19-16(20(14)22)8-7-15-13(4)11(2)9-12(3)18(15)19/h5,7-10H,1,6H2,2-4H3. The fraction of sp³-hybridized carbons (Fsp3) is 0.200. The van der Waals surface area contributed by atoms with Crippen molar-refractivity contribution in [3.8, 4) is 0 Å². The molecule has 0 saturated heterocycles. The normalized spacial score (nSPS) is 14.0. The smallest absolute Gasteiger partial charge is 0.190 e. The zero-order valence-corrected chi connectivity index (χ0v) is 13.1. The molecule has 0 aliphatic heterocycles. The van der Waals surface area contributed by atoms with Gasteiger partial charge in [0, 0.05) is 16.7 Å². The predicted molar refractivity (Wildman–Crippen MR) is 89.7 cm³/mol. The summed E-state index contributed by atoms with van der Waals surface area (Å²) in [6.07, 6.45) is 3.55. The molecule has 1 aliphatic carbocycles. The lowest BCUT2D eigenvalue weighted by Gasteiger charge is -2.19. The summed E-state index contributed by atoms with van der Waals surface area (Å²) in [5, 5.41) is 1.96. The maximum Gasteiger partial charge on any atom is 0.190 e. The van der Waals surface area contributed by atoms with Crippen molar-refractivity contribution in [1.82, 2.24) is 0 Å². The van der Waals surface area contributed by atoms with Crippen molar-refractivity contribution in [3.63, 3.8) is 0 Å². The molecule has 2 heteroatoms. The van der Waals surface area contributed by atoms with E-state index in [1.807, 2.05) is 13.0 Å². The van der Waals surface area contributed by atoms with E-state index in [9.17, 15) is 9.59 Å². The minimum atomic E-state index is -0.0802. The van der Waals surface area contributed by atoms with Gasteiger partial charge in [0.25, 0.3) is 0 Å². The molecule has 2 aromatic rings. The second-order valence-corrected chi connectivity index (χ2v) is 5.90. The molecule has 0 aromatic heterocycles. The summed E-state index contributed by atoms with van der Waals surface area (Å²) < 4.78 is 0. The predicted octanol–water partition coefficient (Wildman–Crippen LogP) is 4.65. The van der Waals surface area contributed by atoms with Gasteiger partial charge in [-0.15, -0.1) is 6.58 Å². The van der Waals surface area contributed by atoms with Gasteiger partial charge in [-0.3, -0.25) is 9.59 Å². The zero-order chi connectivity index (χ0) is 16.0. The van der Waals surface area contributed by atoms with Crippen molar-refractivity contribution in [2.75, 3.05) is 0 Å². The van der Waals surface area contributed by atoms with E-state index in [0.717, 1.165) is 21.9 Å². The first-order valence-electron chi connectivity index (χ1n) is 7.39. The molecule has 0 amide bonds. The molecular weight excluding hydrogens is 272 g/mol. The van der Waals surface area contributed by atoms with Gasteiger partial charge in [-0.1, -0.05) is 18.2 Å². The molecule has 22 heavy (non-hydrogen) atoms. The van der Waals surface area contributed by atoms with E-state index in [2.05, 4.69) is 26.5 Å². The quantitative estimate of drug-likeness (QED) is 0.755. The Bertz CT molecular complexity index is 882. The van der Waals surface area contributed by atoms with Crippen molar-refractivity contribution < 1.29 is 9.59 Å². The Morgan fingerprint density at radius 3 is 2.50 bits per heavy atom. The number of hydrogen-bond acceptors (Lipinski definition) is 2. The molecule has 2 nitrogen and oxygen atoms in total. The second-order valence-electron chi connectivity index (χ2n) is 5.90. The highest BCUT2D eigenvalue weighted by Gasteiger charge is 2.27. The molecule has 0 heterocycles. The zero-order valence-electron chi connectivity index (χ0n) is 13.1. The third kappa shape index (κ3) is 1.95. The molecule has 0 fully saturated rings. The van der Waals surface area contributed by atoms with Crippen molar-refractivity contribution in [3.05, 3.63) is 70.3 Å². The van der Waals surface area contributed by atoms with E-state index in [4.69, 9.17) is 0 Å². The van der Waals surface area contributed by atoms with Crippen LogP contribution in [0.2, 0.25) is 0 Å². The van der Waals surface area contributed by atoms with Crippen molar-refractivity contribution in [2.24, 2.45) is 0 Å². The number of hydrogen-bond donors (Lipinski definition) is 0. The van der Waals surface area contributed by atoms with Crippen LogP contribution in [-0.2, 0) is 0 Å². The minimum absolute atomic E-state index is 0.0611. The summed E-state index contributed by atoms with van der Waals surface area (Å²) in [4.78, 5) is 25.2. The Hall–Kier alpha value is -2.48. The maximum atomic E-state index is 12.6. The highest BCUT2D eigenvalue weighted by Crippen LogP contribution is 2.34. The van der Waals surface area contributed by atoms with Crippen LogP contribution in [0.4, 0.5) is 0 Å². The minimum Gasteiger partial charge on any atom is -0.289 e. The highest BCUT2D eigenvalue weighted by atomic mass is 16.1. The first-order chi connectivity index (χ1) is 10.5. The third-order valence-corrected chi connectivity index (χ3v) is 4.48. The molecule has 0 radical (unpaired) electrons. The van der Waals surface area contributed by atoms with E-state index >= 15 is 0 Å². The number of fused-ring (bicyclic) bond motifs is 3. The van der Waals surface area contributed by atoms with Gasteiger partial charge in [-0.25, -0.2) is 0 Å². The van der Waals surface area contributed by atoms with E-state index < -0.39 is 0 Å². The highest BCUT2D eigenvalue weighted by molar-refractivity contribution is 6.29.